The number of benzene rings is 1. The Morgan fingerprint density at radius 3 is 2.13 bits per heavy atom. The summed E-state index contributed by atoms with van der Waals surface area (Å²) >= 11 is 0. The minimum atomic E-state index is -0.382. The minimum absolute atomic E-state index is 0.382. The van der Waals surface area contributed by atoms with E-state index in [0.29, 0.717) is 6.04 Å². The second kappa shape index (κ2) is 5.17. The first-order valence-corrected chi connectivity index (χ1v) is 5.57. The van der Waals surface area contributed by atoms with Crippen LogP contribution < -0.4 is 4.90 Å². The topological polar surface area (TPSA) is 23.5 Å². The highest BCUT2D eigenvalue weighted by atomic mass is 16.3. The van der Waals surface area contributed by atoms with E-state index in [4.69, 9.17) is 0 Å². The van der Waals surface area contributed by atoms with Crippen molar-refractivity contribution in [3.05, 3.63) is 29.8 Å². The van der Waals surface area contributed by atoms with Crippen LogP contribution in [-0.4, -0.2) is 18.2 Å². The highest BCUT2D eigenvalue weighted by molar-refractivity contribution is 5.47. The fourth-order valence-electron chi connectivity index (χ4n) is 1.52. The van der Waals surface area contributed by atoms with Crippen LogP contribution in [0.2, 0.25) is 0 Å². The maximum Gasteiger partial charge on any atom is 0.0761 e. The van der Waals surface area contributed by atoms with Crippen LogP contribution in [-0.2, 0) is 0 Å². The molecule has 0 aliphatic rings. The molecule has 0 aliphatic carbocycles. The first-order valence-electron chi connectivity index (χ1n) is 5.57. The van der Waals surface area contributed by atoms with E-state index in [1.807, 2.05) is 12.1 Å². The van der Waals surface area contributed by atoms with E-state index in [9.17, 15) is 5.11 Å². The molecule has 1 unspecified atom stereocenters. The molecule has 1 rings (SSSR count). The van der Waals surface area contributed by atoms with Crippen molar-refractivity contribution in [1.82, 2.24) is 0 Å². The van der Waals surface area contributed by atoms with Gasteiger partial charge in [-0.1, -0.05) is 19.1 Å². The van der Waals surface area contributed by atoms with E-state index in [1.54, 1.807) is 6.92 Å². The molecule has 0 heterocycles. The Bertz CT molecular complexity index is 292. The molecule has 1 aromatic rings. The van der Waals surface area contributed by atoms with Crippen molar-refractivity contribution in [2.45, 2.75) is 39.3 Å². The van der Waals surface area contributed by atoms with Gasteiger partial charge in [-0.2, -0.15) is 0 Å². The maximum absolute atomic E-state index is 9.39. The molecule has 1 aromatic carbocycles. The summed E-state index contributed by atoms with van der Waals surface area (Å²) in [6, 6.07) is 8.64. The summed E-state index contributed by atoms with van der Waals surface area (Å²) in [6.07, 6.45) is 0.752. The summed E-state index contributed by atoms with van der Waals surface area (Å²) in [5.74, 6) is 0. The van der Waals surface area contributed by atoms with Crippen LogP contribution in [0, 0.1) is 0 Å². The fourth-order valence-corrected chi connectivity index (χ4v) is 1.52. The third-order valence-corrected chi connectivity index (χ3v) is 3.03. The molecule has 0 radical (unpaired) electrons. The predicted octanol–water partition coefficient (Wildman–Crippen LogP) is 2.97. The van der Waals surface area contributed by atoms with Crippen molar-refractivity contribution in [3.63, 3.8) is 0 Å². The van der Waals surface area contributed by atoms with E-state index in [1.165, 1.54) is 5.69 Å². The van der Waals surface area contributed by atoms with Crippen LogP contribution in [0.5, 0.6) is 0 Å². The lowest BCUT2D eigenvalue weighted by atomic mass is 10.1. The minimum Gasteiger partial charge on any atom is -0.389 e. The van der Waals surface area contributed by atoms with Crippen molar-refractivity contribution in [2.75, 3.05) is 11.9 Å². The Labute approximate surface area is 92.5 Å². The summed E-state index contributed by atoms with van der Waals surface area (Å²) in [6.45, 7) is 6.18. The van der Waals surface area contributed by atoms with Gasteiger partial charge in [-0.15, -0.1) is 0 Å². The number of nitrogens with zero attached hydrogens (tertiary/aromatic N) is 1. The van der Waals surface area contributed by atoms with Crippen molar-refractivity contribution in [1.29, 1.82) is 0 Å². The Hall–Kier alpha value is -1.02. The standard InChI is InChI=1S/C13H21NO/c1-5-10(2)14(4)13-8-6-12(7-9-13)11(3)15/h6-11,15H,5H2,1-4H3/t10?,11-/m0/s1. The largest absolute Gasteiger partial charge is 0.389 e. The van der Waals surface area contributed by atoms with Gasteiger partial charge in [0.15, 0.2) is 0 Å². The van der Waals surface area contributed by atoms with Gasteiger partial charge in [0.1, 0.15) is 0 Å². The molecule has 0 saturated carbocycles. The molecule has 84 valence electrons. The van der Waals surface area contributed by atoms with Gasteiger partial charge in [-0.3, -0.25) is 0 Å². The Morgan fingerprint density at radius 1 is 1.20 bits per heavy atom. The average molecular weight is 207 g/mol. The Balaban J connectivity index is 2.79. The molecule has 0 bridgehead atoms. The molecule has 2 atom stereocenters. The predicted molar refractivity (Wildman–Crippen MR) is 65.2 cm³/mol. The summed E-state index contributed by atoms with van der Waals surface area (Å²) in [4.78, 5) is 2.26. The first-order chi connectivity index (χ1) is 7.06. The number of hydrogen-bond acceptors (Lipinski definition) is 2. The molecule has 0 fully saturated rings. The zero-order chi connectivity index (χ0) is 11.4. The highest BCUT2D eigenvalue weighted by Gasteiger charge is 2.08. The molecule has 15 heavy (non-hydrogen) atoms. The van der Waals surface area contributed by atoms with Gasteiger partial charge in [0.05, 0.1) is 6.10 Å². The van der Waals surface area contributed by atoms with E-state index < -0.39 is 0 Å². The van der Waals surface area contributed by atoms with Gasteiger partial charge in [-0.25, -0.2) is 0 Å². The third kappa shape index (κ3) is 2.96. The van der Waals surface area contributed by atoms with E-state index in [-0.39, 0.29) is 6.10 Å². The summed E-state index contributed by atoms with van der Waals surface area (Å²) in [5.41, 5.74) is 2.17. The van der Waals surface area contributed by atoms with Gasteiger partial charge in [0, 0.05) is 18.8 Å². The summed E-state index contributed by atoms with van der Waals surface area (Å²) in [7, 11) is 2.10. The molecule has 0 aliphatic heterocycles. The van der Waals surface area contributed by atoms with Crippen LogP contribution in [0.4, 0.5) is 5.69 Å². The number of anilines is 1. The molecule has 1 N–H and O–H groups in total. The SMILES string of the molecule is CCC(C)N(C)c1ccc([C@H](C)O)cc1. The van der Waals surface area contributed by atoms with Crippen molar-refractivity contribution < 1.29 is 5.11 Å². The zero-order valence-electron chi connectivity index (χ0n) is 10.1. The second-order valence-corrected chi connectivity index (χ2v) is 4.14. The lowest BCUT2D eigenvalue weighted by Gasteiger charge is -2.26. The summed E-state index contributed by atoms with van der Waals surface area (Å²) in [5, 5.41) is 9.39. The lowest BCUT2D eigenvalue weighted by molar-refractivity contribution is 0.199. The van der Waals surface area contributed by atoms with E-state index in [0.717, 1.165) is 12.0 Å². The van der Waals surface area contributed by atoms with Gasteiger partial charge in [0.25, 0.3) is 0 Å². The van der Waals surface area contributed by atoms with Crippen LogP contribution in [0.25, 0.3) is 0 Å². The number of hydrogen-bond donors (Lipinski definition) is 1. The normalized spacial score (nSPS) is 14.7. The summed E-state index contributed by atoms with van der Waals surface area (Å²) < 4.78 is 0. The number of rotatable bonds is 4. The Morgan fingerprint density at radius 2 is 1.73 bits per heavy atom. The molecular formula is C13H21NO. The molecule has 2 heteroatoms. The highest BCUT2D eigenvalue weighted by Crippen LogP contribution is 2.20. The first kappa shape index (κ1) is 12.1. The lowest BCUT2D eigenvalue weighted by Crippen LogP contribution is -2.27. The zero-order valence-corrected chi connectivity index (χ0v) is 10.1. The maximum atomic E-state index is 9.39. The molecular weight excluding hydrogens is 186 g/mol. The molecule has 0 amide bonds. The van der Waals surface area contributed by atoms with Crippen LogP contribution in [0.15, 0.2) is 24.3 Å². The Kier molecular flexibility index (Phi) is 4.15. The van der Waals surface area contributed by atoms with Crippen LogP contribution in [0.1, 0.15) is 38.9 Å². The van der Waals surface area contributed by atoms with E-state index in [2.05, 4.69) is 37.9 Å². The van der Waals surface area contributed by atoms with Crippen LogP contribution in [0.3, 0.4) is 0 Å². The van der Waals surface area contributed by atoms with Crippen molar-refractivity contribution in [2.24, 2.45) is 0 Å². The van der Waals surface area contributed by atoms with Gasteiger partial charge in [-0.05, 0) is 38.0 Å². The number of aliphatic hydroxyl groups excluding tert-OH is 1. The smallest absolute Gasteiger partial charge is 0.0761 e. The van der Waals surface area contributed by atoms with Gasteiger partial charge in [0.2, 0.25) is 0 Å². The molecule has 2 nitrogen and oxygen atoms in total. The molecule has 0 aromatic heterocycles. The monoisotopic (exact) mass is 207 g/mol. The van der Waals surface area contributed by atoms with Crippen molar-refractivity contribution in [3.8, 4) is 0 Å². The fraction of sp³-hybridized carbons (Fsp3) is 0.538. The van der Waals surface area contributed by atoms with Gasteiger partial charge < -0.3 is 10.0 Å². The van der Waals surface area contributed by atoms with Crippen molar-refractivity contribution >= 4 is 5.69 Å². The van der Waals surface area contributed by atoms with E-state index >= 15 is 0 Å². The third-order valence-electron chi connectivity index (χ3n) is 3.03. The molecule has 0 saturated heterocycles. The average Bonchev–Trinajstić information content (AvgIpc) is 2.27. The number of aliphatic hydroxyl groups is 1. The van der Waals surface area contributed by atoms with Crippen LogP contribution >= 0.6 is 0 Å². The molecule has 0 spiro atoms. The van der Waals surface area contributed by atoms with Gasteiger partial charge >= 0.3 is 0 Å². The second-order valence-electron chi connectivity index (χ2n) is 4.14. The quantitative estimate of drug-likeness (QED) is 0.820.